The Balaban J connectivity index is 1.20. The lowest BCUT2D eigenvalue weighted by molar-refractivity contribution is 0.0966. The Morgan fingerprint density at radius 3 is 2.37 bits per heavy atom. The van der Waals surface area contributed by atoms with E-state index in [4.69, 9.17) is 0 Å². The van der Waals surface area contributed by atoms with E-state index in [9.17, 15) is 9.59 Å². The molecular formula is C33H27N3O2. The summed E-state index contributed by atoms with van der Waals surface area (Å²) in [7, 11) is 0. The van der Waals surface area contributed by atoms with Gasteiger partial charge in [0.15, 0.2) is 5.78 Å². The minimum absolute atomic E-state index is 0.0206. The van der Waals surface area contributed by atoms with Crippen LogP contribution in [0.25, 0.3) is 0 Å². The predicted octanol–water partition coefficient (Wildman–Crippen LogP) is 6.73. The second kappa shape index (κ2) is 10.2. The second-order valence-corrected chi connectivity index (χ2v) is 9.51. The van der Waals surface area contributed by atoms with Gasteiger partial charge >= 0.3 is 0 Å². The van der Waals surface area contributed by atoms with E-state index in [1.54, 1.807) is 24.3 Å². The number of benzene rings is 4. The monoisotopic (exact) mass is 497 g/mol. The van der Waals surface area contributed by atoms with Crippen molar-refractivity contribution in [2.75, 3.05) is 10.6 Å². The zero-order valence-electron chi connectivity index (χ0n) is 20.8. The molecule has 1 atom stereocenters. The van der Waals surface area contributed by atoms with Gasteiger partial charge in [-0.05, 0) is 71.6 Å². The number of aromatic nitrogens is 1. The molecule has 0 spiro atoms. The first-order valence-corrected chi connectivity index (χ1v) is 12.7. The van der Waals surface area contributed by atoms with E-state index < -0.39 is 6.04 Å². The summed E-state index contributed by atoms with van der Waals surface area (Å²) >= 11 is 0. The lowest BCUT2D eigenvalue weighted by Crippen LogP contribution is -2.22. The van der Waals surface area contributed by atoms with Crippen molar-refractivity contribution in [1.82, 2.24) is 4.57 Å². The van der Waals surface area contributed by atoms with Gasteiger partial charge in [-0.15, -0.1) is 0 Å². The molecule has 1 amide bonds. The largest absolute Gasteiger partial charge is 0.370 e. The number of nitrogens with one attached hydrogen (secondary N) is 2. The van der Waals surface area contributed by atoms with Crippen LogP contribution in [0.15, 0.2) is 121 Å². The number of anilines is 2. The minimum Gasteiger partial charge on any atom is -0.370 e. The molecule has 1 aromatic heterocycles. The smallest absolute Gasteiger partial charge is 0.255 e. The Morgan fingerprint density at radius 1 is 0.789 bits per heavy atom. The van der Waals surface area contributed by atoms with E-state index in [0.717, 1.165) is 28.1 Å². The number of carbonyl (C=O) groups is 2. The van der Waals surface area contributed by atoms with Crippen molar-refractivity contribution in [3.05, 3.63) is 155 Å². The SMILES string of the molecule is O=C(Nc1ccc(C(=O)C2Nc3ccccc3Cn3cccc32)cc1)c1ccccc1Cc1ccccc1. The van der Waals surface area contributed by atoms with E-state index in [-0.39, 0.29) is 11.7 Å². The molecule has 1 aliphatic heterocycles. The summed E-state index contributed by atoms with van der Waals surface area (Å²) in [4.78, 5) is 26.8. The van der Waals surface area contributed by atoms with Crippen molar-refractivity contribution in [3.8, 4) is 0 Å². The van der Waals surface area contributed by atoms with Crippen molar-refractivity contribution < 1.29 is 9.59 Å². The molecule has 0 radical (unpaired) electrons. The van der Waals surface area contributed by atoms with Crippen molar-refractivity contribution >= 4 is 23.1 Å². The van der Waals surface area contributed by atoms with E-state index in [1.165, 1.54) is 0 Å². The number of hydrogen-bond donors (Lipinski definition) is 2. The van der Waals surface area contributed by atoms with Gasteiger partial charge in [0, 0.05) is 40.9 Å². The summed E-state index contributed by atoms with van der Waals surface area (Å²) < 4.78 is 2.11. The van der Waals surface area contributed by atoms with Crippen LogP contribution in [0.1, 0.15) is 49.1 Å². The molecule has 5 aromatic rings. The quantitative estimate of drug-likeness (QED) is 0.256. The number of para-hydroxylation sites is 1. The number of amides is 1. The third-order valence-corrected chi connectivity index (χ3v) is 7.01. The van der Waals surface area contributed by atoms with Crippen LogP contribution < -0.4 is 10.6 Å². The fraction of sp³-hybridized carbons (Fsp3) is 0.0909. The minimum atomic E-state index is -0.501. The maximum atomic E-state index is 13.6. The third-order valence-electron chi connectivity index (χ3n) is 7.01. The van der Waals surface area contributed by atoms with Gasteiger partial charge in [0.2, 0.25) is 0 Å². The predicted molar refractivity (Wildman–Crippen MR) is 151 cm³/mol. The van der Waals surface area contributed by atoms with Crippen LogP contribution in [0.3, 0.4) is 0 Å². The Morgan fingerprint density at radius 2 is 1.53 bits per heavy atom. The zero-order valence-corrected chi connectivity index (χ0v) is 20.8. The number of Topliss-reactive ketones (excluding diaryl/α,β-unsaturated/α-hetero) is 1. The number of ketones is 1. The Hall–Kier alpha value is -4.90. The molecule has 5 heteroatoms. The van der Waals surface area contributed by atoms with Crippen LogP contribution in [0, 0.1) is 0 Å². The molecule has 1 aliphatic rings. The first-order chi connectivity index (χ1) is 18.7. The van der Waals surface area contributed by atoms with Crippen LogP contribution in [0.5, 0.6) is 0 Å². The molecule has 0 saturated heterocycles. The molecule has 2 heterocycles. The maximum absolute atomic E-state index is 13.6. The highest BCUT2D eigenvalue weighted by atomic mass is 16.1. The zero-order chi connectivity index (χ0) is 25.9. The lowest BCUT2D eigenvalue weighted by Gasteiger charge is -2.18. The van der Waals surface area contributed by atoms with Gasteiger partial charge in [-0.2, -0.15) is 0 Å². The molecular weight excluding hydrogens is 470 g/mol. The summed E-state index contributed by atoms with van der Waals surface area (Å²) in [6.07, 6.45) is 2.69. The van der Waals surface area contributed by atoms with Gasteiger partial charge in [0.05, 0.1) is 0 Å². The molecule has 0 fully saturated rings. The molecule has 186 valence electrons. The molecule has 0 saturated carbocycles. The summed E-state index contributed by atoms with van der Waals surface area (Å²) in [5.41, 5.74) is 7.01. The summed E-state index contributed by atoms with van der Waals surface area (Å²) in [5.74, 6) is -0.191. The van der Waals surface area contributed by atoms with Crippen molar-refractivity contribution in [2.24, 2.45) is 0 Å². The molecule has 4 aromatic carbocycles. The number of hydrogen-bond acceptors (Lipinski definition) is 3. The first-order valence-electron chi connectivity index (χ1n) is 12.7. The summed E-state index contributed by atoms with van der Waals surface area (Å²) in [6.45, 7) is 0.714. The summed E-state index contributed by atoms with van der Waals surface area (Å²) in [5, 5.41) is 6.45. The van der Waals surface area contributed by atoms with Gasteiger partial charge in [-0.3, -0.25) is 9.59 Å². The number of rotatable bonds is 6. The van der Waals surface area contributed by atoms with Crippen LogP contribution in [-0.4, -0.2) is 16.3 Å². The standard InChI is InChI=1S/C33H27N3O2/c37-32(31-30-15-8-20-36(30)22-26-12-5-7-14-29(26)35-31)24-16-18-27(19-17-24)34-33(38)28-13-6-4-11-25(28)21-23-9-2-1-3-10-23/h1-20,31,35H,21-22H2,(H,34,38). The Bertz CT molecular complexity index is 1600. The first kappa shape index (κ1) is 23.5. The topological polar surface area (TPSA) is 63.1 Å². The normalized spacial score (nSPS) is 13.9. The average molecular weight is 498 g/mol. The molecule has 1 unspecified atom stereocenters. The fourth-order valence-electron chi connectivity index (χ4n) is 5.04. The lowest BCUT2D eigenvalue weighted by atomic mass is 9.99. The van der Waals surface area contributed by atoms with Gasteiger partial charge in [0.1, 0.15) is 6.04 Å². The highest BCUT2D eigenvalue weighted by molar-refractivity contribution is 6.06. The van der Waals surface area contributed by atoms with Crippen LogP contribution in [0.4, 0.5) is 11.4 Å². The summed E-state index contributed by atoms with van der Waals surface area (Å²) in [6, 6.07) is 36.4. The van der Waals surface area contributed by atoms with Crippen molar-refractivity contribution in [1.29, 1.82) is 0 Å². The van der Waals surface area contributed by atoms with E-state index >= 15 is 0 Å². The highest BCUT2D eigenvalue weighted by Gasteiger charge is 2.28. The number of carbonyl (C=O) groups excluding carboxylic acids is 2. The fourth-order valence-corrected chi connectivity index (χ4v) is 5.04. The highest BCUT2D eigenvalue weighted by Crippen LogP contribution is 2.31. The molecule has 6 rings (SSSR count). The van der Waals surface area contributed by atoms with Gasteiger partial charge in [-0.1, -0.05) is 66.7 Å². The Kier molecular flexibility index (Phi) is 6.32. The molecule has 0 bridgehead atoms. The maximum Gasteiger partial charge on any atom is 0.255 e. The van der Waals surface area contributed by atoms with E-state index in [2.05, 4.69) is 33.4 Å². The van der Waals surface area contributed by atoms with Crippen LogP contribution in [-0.2, 0) is 13.0 Å². The molecule has 38 heavy (non-hydrogen) atoms. The van der Waals surface area contributed by atoms with Gasteiger partial charge in [-0.25, -0.2) is 0 Å². The van der Waals surface area contributed by atoms with E-state index in [0.29, 0.717) is 29.8 Å². The van der Waals surface area contributed by atoms with Crippen LogP contribution >= 0.6 is 0 Å². The van der Waals surface area contributed by atoms with Crippen molar-refractivity contribution in [2.45, 2.75) is 19.0 Å². The Labute approximate surface area is 221 Å². The average Bonchev–Trinajstić information content (AvgIpc) is 3.35. The number of fused-ring (bicyclic) bond motifs is 2. The van der Waals surface area contributed by atoms with E-state index in [1.807, 2.05) is 79.0 Å². The number of nitrogens with zero attached hydrogens (tertiary/aromatic N) is 1. The van der Waals surface area contributed by atoms with Crippen LogP contribution in [0.2, 0.25) is 0 Å². The van der Waals surface area contributed by atoms with Crippen molar-refractivity contribution in [3.63, 3.8) is 0 Å². The van der Waals surface area contributed by atoms with Gasteiger partial charge < -0.3 is 15.2 Å². The molecule has 5 nitrogen and oxygen atoms in total. The third kappa shape index (κ3) is 4.74. The molecule has 0 aliphatic carbocycles. The second-order valence-electron chi connectivity index (χ2n) is 9.51. The van der Waals surface area contributed by atoms with Gasteiger partial charge in [0.25, 0.3) is 5.91 Å². The molecule has 2 N–H and O–H groups in total.